The summed E-state index contributed by atoms with van der Waals surface area (Å²) in [5.74, 6) is -0.447. The monoisotopic (exact) mass is 414 g/mol. The van der Waals surface area contributed by atoms with E-state index in [2.05, 4.69) is 14.7 Å². The Morgan fingerprint density at radius 1 is 1.10 bits per heavy atom. The van der Waals surface area contributed by atoms with E-state index in [0.29, 0.717) is 16.6 Å². The van der Waals surface area contributed by atoms with Crippen molar-refractivity contribution in [1.82, 2.24) is 9.97 Å². The van der Waals surface area contributed by atoms with Crippen LogP contribution in [0.3, 0.4) is 0 Å². The smallest absolute Gasteiger partial charge is 0.374 e. The minimum absolute atomic E-state index is 0.111. The first-order valence-electron chi connectivity index (χ1n) is 9.42. The molecule has 9 heteroatoms. The number of nitrogens with one attached hydrogen (secondary N) is 1. The van der Waals surface area contributed by atoms with Gasteiger partial charge in [-0.1, -0.05) is 24.3 Å². The van der Waals surface area contributed by atoms with E-state index in [4.69, 9.17) is 4.74 Å². The van der Waals surface area contributed by atoms with Crippen LogP contribution in [0.4, 0.5) is 0 Å². The molecule has 1 aromatic heterocycles. The molecule has 0 saturated carbocycles. The number of aromatic amines is 1. The minimum atomic E-state index is -1.44. The summed E-state index contributed by atoms with van der Waals surface area (Å²) in [6, 6.07) is 12.6. The summed E-state index contributed by atoms with van der Waals surface area (Å²) in [5, 5.41) is 39.8. The topological polar surface area (TPSA) is 145 Å². The Kier molecular flexibility index (Phi) is 5.54. The normalized spacial score (nSPS) is 26.6. The number of ether oxygens (including phenoxy) is 2. The van der Waals surface area contributed by atoms with E-state index < -0.39 is 43.1 Å². The molecule has 0 radical (unpaired) electrons. The maximum absolute atomic E-state index is 11.7. The van der Waals surface area contributed by atoms with Crippen molar-refractivity contribution in [3.63, 3.8) is 0 Å². The minimum Gasteiger partial charge on any atom is -0.463 e. The quantitative estimate of drug-likeness (QED) is 0.389. The van der Waals surface area contributed by atoms with Crippen LogP contribution in [0.1, 0.15) is 22.3 Å². The zero-order chi connectivity index (χ0) is 21.4. The Morgan fingerprint density at radius 3 is 2.60 bits per heavy atom. The second kappa shape index (κ2) is 8.13. The number of benzene rings is 2. The molecule has 0 unspecified atom stereocenters. The number of aliphatic hydroxyl groups excluding tert-OH is 4. The van der Waals surface area contributed by atoms with E-state index in [0.717, 1.165) is 11.1 Å². The van der Waals surface area contributed by atoms with Crippen LogP contribution in [0.25, 0.3) is 22.2 Å². The van der Waals surface area contributed by atoms with Gasteiger partial charge in [0, 0.05) is 0 Å². The molecule has 9 nitrogen and oxygen atoms in total. The number of rotatable bonds is 4. The summed E-state index contributed by atoms with van der Waals surface area (Å²) < 4.78 is 10.3. The number of carbonyl (C=O) groups is 1. The van der Waals surface area contributed by atoms with Gasteiger partial charge in [-0.3, -0.25) is 0 Å². The number of imidazole rings is 1. The second-order valence-electron chi connectivity index (χ2n) is 7.18. The predicted molar refractivity (Wildman–Crippen MR) is 106 cm³/mol. The van der Waals surface area contributed by atoms with E-state index in [1.54, 1.807) is 24.3 Å². The highest BCUT2D eigenvalue weighted by atomic mass is 16.5. The summed E-state index contributed by atoms with van der Waals surface area (Å²) in [6.07, 6.45) is -6.09. The molecule has 1 fully saturated rings. The lowest BCUT2D eigenvalue weighted by molar-refractivity contribution is -0.231. The molecule has 158 valence electrons. The van der Waals surface area contributed by atoms with Crippen LogP contribution < -0.4 is 0 Å². The number of hydrogen-bond donors (Lipinski definition) is 5. The van der Waals surface area contributed by atoms with Crippen LogP contribution in [-0.2, 0) is 9.47 Å². The average Bonchev–Trinajstić information content (AvgIpc) is 3.20. The van der Waals surface area contributed by atoms with E-state index in [1.807, 2.05) is 18.2 Å². The van der Waals surface area contributed by atoms with Crippen molar-refractivity contribution in [1.29, 1.82) is 0 Å². The number of carbonyl (C=O) groups excluding carboxylic acids is 1. The fraction of sp³-hybridized carbons (Fsp3) is 0.333. The summed E-state index contributed by atoms with van der Waals surface area (Å²) in [5.41, 5.74) is 3.49. The molecule has 0 amide bonds. The van der Waals surface area contributed by atoms with Crippen LogP contribution in [0, 0.1) is 0 Å². The third-order valence-electron chi connectivity index (χ3n) is 5.30. The Hall–Kier alpha value is -2.82. The zero-order valence-corrected chi connectivity index (χ0v) is 16.1. The average molecular weight is 414 g/mol. The highest BCUT2D eigenvalue weighted by Crippen LogP contribution is 2.34. The molecule has 1 aliphatic rings. The largest absolute Gasteiger partial charge is 0.463 e. The summed E-state index contributed by atoms with van der Waals surface area (Å²) in [6.45, 7) is -0.486. The van der Waals surface area contributed by atoms with Gasteiger partial charge >= 0.3 is 5.97 Å². The van der Waals surface area contributed by atoms with E-state index in [9.17, 15) is 25.2 Å². The number of nitrogens with zero attached hydrogens (tertiary/aromatic N) is 1. The molecule has 30 heavy (non-hydrogen) atoms. The van der Waals surface area contributed by atoms with Crippen molar-refractivity contribution < 1.29 is 34.7 Å². The lowest BCUT2D eigenvalue weighted by atomic mass is 9.90. The van der Waals surface area contributed by atoms with Gasteiger partial charge in [-0.2, -0.15) is 0 Å². The lowest BCUT2D eigenvalue weighted by Crippen LogP contribution is -2.55. The van der Waals surface area contributed by atoms with Crippen molar-refractivity contribution in [3.8, 4) is 11.1 Å². The molecule has 0 spiro atoms. The standard InChI is InChI=1S/C21H22N2O7/c1-29-21(28)20-22-13-6-5-11(8-14(13)23-20)10-3-2-4-12(7-10)19-18(27)17(26)16(25)15(9-24)30-19/h2-8,15-19,24-27H,9H2,1H3,(H,22,23)/t15-,16-,17+,18-,19-/m1/s1. The highest BCUT2D eigenvalue weighted by Gasteiger charge is 2.43. The molecular weight excluding hydrogens is 392 g/mol. The van der Waals surface area contributed by atoms with Gasteiger partial charge in [-0.15, -0.1) is 0 Å². The third kappa shape index (κ3) is 3.57. The summed E-state index contributed by atoms with van der Waals surface area (Å²) in [7, 11) is 1.28. The molecule has 2 aromatic carbocycles. The van der Waals surface area contributed by atoms with E-state index in [-0.39, 0.29) is 5.82 Å². The second-order valence-corrected chi connectivity index (χ2v) is 7.18. The van der Waals surface area contributed by atoms with Crippen molar-refractivity contribution >= 4 is 17.0 Å². The van der Waals surface area contributed by atoms with Crippen LogP contribution in [0.15, 0.2) is 42.5 Å². The number of fused-ring (bicyclic) bond motifs is 1. The van der Waals surface area contributed by atoms with Crippen LogP contribution in [0.2, 0.25) is 0 Å². The fourth-order valence-electron chi connectivity index (χ4n) is 3.65. The van der Waals surface area contributed by atoms with Crippen LogP contribution in [0.5, 0.6) is 0 Å². The first-order chi connectivity index (χ1) is 14.4. The van der Waals surface area contributed by atoms with Gasteiger partial charge < -0.3 is 34.9 Å². The van der Waals surface area contributed by atoms with Gasteiger partial charge in [0.15, 0.2) is 0 Å². The molecule has 5 N–H and O–H groups in total. The molecule has 5 atom stereocenters. The summed E-state index contributed by atoms with van der Waals surface area (Å²) >= 11 is 0. The Morgan fingerprint density at radius 2 is 1.87 bits per heavy atom. The SMILES string of the molecule is COC(=O)c1nc2ccc(-c3cccc([C@H]4O[C@H](CO)[C@@H](O)[C@H](O)[C@H]4O)c3)cc2[nH]1. The van der Waals surface area contributed by atoms with Crippen LogP contribution in [-0.4, -0.2) is 74.5 Å². The lowest BCUT2D eigenvalue weighted by Gasteiger charge is -2.40. The Balaban J connectivity index is 1.67. The number of aliphatic hydroxyl groups is 4. The first-order valence-corrected chi connectivity index (χ1v) is 9.42. The van der Waals surface area contributed by atoms with Gasteiger partial charge in [0.1, 0.15) is 30.5 Å². The van der Waals surface area contributed by atoms with Crippen molar-refractivity contribution in [2.45, 2.75) is 30.5 Å². The maximum atomic E-state index is 11.7. The summed E-state index contributed by atoms with van der Waals surface area (Å²) in [4.78, 5) is 18.8. The zero-order valence-electron chi connectivity index (χ0n) is 16.1. The number of hydrogen-bond acceptors (Lipinski definition) is 8. The van der Waals surface area contributed by atoms with Gasteiger partial charge in [0.25, 0.3) is 0 Å². The number of esters is 1. The first kappa shape index (κ1) is 20.5. The highest BCUT2D eigenvalue weighted by molar-refractivity contribution is 5.91. The van der Waals surface area contributed by atoms with Gasteiger partial charge in [0.2, 0.25) is 5.82 Å². The molecule has 1 aliphatic heterocycles. The van der Waals surface area contributed by atoms with Gasteiger partial charge in [-0.05, 0) is 34.9 Å². The number of H-pyrrole nitrogens is 1. The molecule has 3 aromatic rings. The van der Waals surface area contributed by atoms with Crippen molar-refractivity contribution in [2.24, 2.45) is 0 Å². The number of methoxy groups -OCH3 is 1. The van der Waals surface area contributed by atoms with E-state index in [1.165, 1.54) is 7.11 Å². The van der Waals surface area contributed by atoms with Gasteiger partial charge in [-0.25, -0.2) is 9.78 Å². The van der Waals surface area contributed by atoms with E-state index >= 15 is 0 Å². The maximum Gasteiger partial charge on any atom is 0.374 e. The molecule has 0 bridgehead atoms. The molecule has 4 rings (SSSR count). The third-order valence-corrected chi connectivity index (χ3v) is 5.30. The predicted octanol–water partition coefficient (Wildman–Crippen LogP) is 0.531. The van der Waals surface area contributed by atoms with Crippen LogP contribution >= 0.6 is 0 Å². The number of aromatic nitrogens is 2. The Bertz CT molecular complexity index is 1060. The van der Waals surface area contributed by atoms with Crippen molar-refractivity contribution in [3.05, 3.63) is 53.9 Å². The fourth-order valence-corrected chi connectivity index (χ4v) is 3.65. The van der Waals surface area contributed by atoms with Crippen molar-refractivity contribution in [2.75, 3.05) is 13.7 Å². The Labute approximate surface area is 171 Å². The van der Waals surface area contributed by atoms with Gasteiger partial charge in [0.05, 0.1) is 24.8 Å². The molecule has 1 saturated heterocycles. The molecular formula is C21H22N2O7. The molecule has 0 aliphatic carbocycles. The molecule has 2 heterocycles.